The number of hydrazine groups is 1. The third kappa shape index (κ3) is 4.19. The van der Waals surface area contributed by atoms with Crippen LogP contribution in [0.25, 0.3) is 0 Å². The first-order chi connectivity index (χ1) is 15.0. The molecule has 0 spiro atoms. The summed E-state index contributed by atoms with van der Waals surface area (Å²) in [6, 6.07) is 14.2. The molecular formula is C23H27BClN5S. The molecule has 3 unspecified atom stereocenters. The summed E-state index contributed by atoms with van der Waals surface area (Å²) in [5, 5.41) is 9.81. The molecule has 3 atom stereocenters. The highest BCUT2D eigenvalue weighted by Gasteiger charge is 2.38. The van der Waals surface area contributed by atoms with Gasteiger partial charge in [-0.05, 0) is 48.4 Å². The van der Waals surface area contributed by atoms with Crippen molar-refractivity contribution in [3.8, 4) is 0 Å². The summed E-state index contributed by atoms with van der Waals surface area (Å²) in [5.41, 5.74) is 14.2. The smallest absolute Gasteiger partial charge is 0.139 e. The van der Waals surface area contributed by atoms with E-state index < -0.39 is 0 Å². The Morgan fingerprint density at radius 2 is 1.84 bits per heavy atom. The molecule has 8 heteroatoms. The monoisotopic (exact) mass is 451 g/mol. The van der Waals surface area contributed by atoms with E-state index in [2.05, 4.69) is 42.5 Å². The van der Waals surface area contributed by atoms with Crippen molar-refractivity contribution >= 4 is 59.2 Å². The van der Waals surface area contributed by atoms with Crippen LogP contribution in [-0.2, 0) is 0 Å². The van der Waals surface area contributed by atoms with E-state index in [0.717, 1.165) is 42.7 Å². The number of thiocarbonyl (C=S) groups is 1. The summed E-state index contributed by atoms with van der Waals surface area (Å²) >= 11 is 12.4. The normalized spacial score (nSPS) is 25.5. The standard InChI is InChI=1S/C23H27BClN5S/c24-17-6-4-14(5-7-17)22-11-20(27-30(22)21-9-8-18(26)10-19(21)25)23(31)28-29-12-15-2-1-3-16(15)13-29/h4-10,15-16,22H,1-3,11-13,24,26H2,(H,28,31). The van der Waals surface area contributed by atoms with Gasteiger partial charge in [-0.2, -0.15) is 5.10 Å². The molecule has 5 nitrogen and oxygen atoms in total. The molecule has 1 aliphatic carbocycles. The van der Waals surface area contributed by atoms with Crippen LogP contribution in [0.2, 0.25) is 5.02 Å². The van der Waals surface area contributed by atoms with Crippen LogP contribution in [-0.4, -0.2) is 36.6 Å². The van der Waals surface area contributed by atoms with Crippen LogP contribution < -0.4 is 21.6 Å². The molecule has 2 aromatic carbocycles. The Kier molecular flexibility index (Phi) is 5.67. The highest BCUT2D eigenvalue weighted by Crippen LogP contribution is 2.40. The highest BCUT2D eigenvalue weighted by atomic mass is 35.5. The molecule has 1 saturated heterocycles. The van der Waals surface area contributed by atoms with E-state index in [0.29, 0.717) is 15.7 Å². The number of hydrogen-bond donors (Lipinski definition) is 2. The zero-order valence-corrected chi connectivity index (χ0v) is 19.3. The molecule has 31 heavy (non-hydrogen) atoms. The van der Waals surface area contributed by atoms with Crippen LogP contribution in [0.5, 0.6) is 0 Å². The van der Waals surface area contributed by atoms with E-state index >= 15 is 0 Å². The molecule has 2 heterocycles. The molecule has 3 aliphatic rings. The lowest BCUT2D eigenvalue weighted by atomic mass is 9.92. The Bertz CT molecular complexity index is 1020. The van der Waals surface area contributed by atoms with Crippen molar-refractivity contribution in [3.63, 3.8) is 0 Å². The summed E-state index contributed by atoms with van der Waals surface area (Å²) in [5.74, 6) is 1.62. The minimum atomic E-state index is 0.0365. The number of nitrogens with one attached hydrogen (secondary N) is 1. The van der Waals surface area contributed by atoms with Gasteiger partial charge >= 0.3 is 0 Å². The average molecular weight is 452 g/mol. The Morgan fingerprint density at radius 3 is 2.52 bits per heavy atom. The van der Waals surface area contributed by atoms with Crippen molar-refractivity contribution < 1.29 is 0 Å². The van der Waals surface area contributed by atoms with Crippen LogP contribution >= 0.6 is 23.8 Å². The first-order valence-corrected chi connectivity index (χ1v) is 11.8. The molecule has 2 aromatic rings. The van der Waals surface area contributed by atoms with Gasteiger partial charge in [0.2, 0.25) is 0 Å². The topological polar surface area (TPSA) is 56.9 Å². The van der Waals surface area contributed by atoms with Gasteiger partial charge in [0, 0.05) is 25.2 Å². The number of nitrogens with zero attached hydrogens (tertiary/aromatic N) is 3. The lowest BCUT2D eigenvalue weighted by molar-refractivity contribution is 0.274. The quantitative estimate of drug-likeness (QED) is 0.425. The number of fused-ring (bicyclic) bond motifs is 1. The summed E-state index contributed by atoms with van der Waals surface area (Å²) in [6.45, 7) is 2.15. The third-order valence-corrected chi connectivity index (χ3v) is 7.47. The molecule has 1 saturated carbocycles. The predicted molar refractivity (Wildman–Crippen MR) is 136 cm³/mol. The molecule has 5 rings (SSSR count). The lowest BCUT2D eigenvalue weighted by Gasteiger charge is -2.25. The molecule has 0 amide bonds. The Labute approximate surface area is 195 Å². The number of hydrazone groups is 1. The maximum Gasteiger partial charge on any atom is 0.139 e. The van der Waals surface area contributed by atoms with Crippen molar-refractivity contribution in [2.24, 2.45) is 16.9 Å². The van der Waals surface area contributed by atoms with Gasteiger partial charge in [-0.15, -0.1) is 0 Å². The number of anilines is 2. The fourth-order valence-electron chi connectivity index (χ4n) is 5.16. The van der Waals surface area contributed by atoms with Gasteiger partial charge in [0.05, 0.1) is 22.5 Å². The summed E-state index contributed by atoms with van der Waals surface area (Å²) in [4.78, 5) is 0.714. The van der Waals surface area contributed by atoms with Gasteiger partial charge in [0.15, 0.2) is 0 Å². The Balaban J connectivity index is 1.39. The van der Waals surface area contributed by atoms with Gasteiger partial charge < -0.3 is 11.2 Å². The average Bonchev–Trinajstić information content (AvgIpc) is 3.43. The zero-order chi connectivity index (χ0) is 21.5. The summed E-state index contributed by atoms with van der Waals surface area (Å²) in [7, 11) is 2.10. The number of halogens is 1. The maximum atomic E-state index is 6.56. The number of rotatable bonds is 4. The SMILES string of the molecule is Bc1ccc(C2CC(C(=S)NN3CC4CCCC4C3)=NN2c2ccc(N)cc2Cl)cc1. The molecule has 2 fully saturated rings. The van der Waals surface area contributed by atoms with E-state index in [1.807, 2.05) is 17.1 Å². The Morgan fingerprint density at radius 1 is 1.13 bits per heavy atom. The van der Waals surface area contributed by atoms with Gasteiger partial charge in [0.25, 0.3) is 0 Å². The largest absolute Gasteiger partial charge is 0.399 e. The molecule has 2 aliphatic heterocycles. The first kappa shape index (κ1) is 20.8. The number of benzene rings is 2. The van der Waals surface area contributed by atoms with Crippen LogP contribution in [0.4, 0.5) is 11.4 Å². The van der Waals surface area contributed by atoms with Crippen molar-refractivity contribution in [1.82, 2.24) is 10.4 Å². The minimum Gasteiger partial charge on any atom is -0.399 e. The van der Waals surface area contributed by atoms with E-state index in [1.54, 1.807) is 6.07 Å². The highest BCUT2D eigenvalue weighted by molar-refractivity contribution is 7.82. The van der Waals surface area contributed by atoms with Gasteiger partial charge in [-0.3, -0.25) is 5.01 Å². The molecule has 160 valence electrons. The van der Waals surface area contributed by atoms with Gasteiger partial charge in [-0.1, -0.05) is 60.0 Å². The van der Waals surface area contributed by atoms with Crippen molar-refractivity contribution in [1.29, 1.82) is 0 Å². The van der Waals surface area contributed by atoms with Crippen LogP contribution in [0.3, 0.4) is 0 Å². The zero-order valence-electron chi connectivity index (χ0n) is 17.7. The molecular weight excluding hydrogens is 425 g/mol. The number of nitrogens with two attached hydrogens (primary N) is 1. The minimum absolute atomic E-state index is 0.0365. The van der Waals surface area contributed by atoms with E-state index in [-0.39, 0.29) is 6.04 Å². The van der Waals surface area contributed by atoms with Crippen LogP contribution in [0.15, 0.2) is 47.6 Å². The summed E-state index contributed by atoms with van der Waals surface area (Å²) < 4.78 is 0. The second-order valence-corrected chi connectivity index (χ2v) is 9.85. The van der Waals surface area contributed by atoms with E-state index in [9.17, 15) is 0 Å². The second kappa shape index (κ2) is 8.45. The third-order valence-electron chi connectivity index (χ3n) is 6.84. The van der Waals surface area contributed by atoms with E-state index in [1.165, 1.54) is 30.3 Å². The lowest BCUT2D eigenvalue weighted by Crippen LogP contribution is -2.43. The molecule has 0 radical (unpaired) electrons. The maximum absolute atomic E-state index is 6.56. The van der Waals surface area contributed by atoms with Gasteiger partial charge in [0.1, 0.15) is 12.8 Å². The predicted octanol–water partition coefficient (Wildman–Crippen LogP) is 3.05. The molecule has 3 N–H and O–H groups in total. The Hall–Kier alpha value is -2.09. The van der Waals surface area contributed by atoms with Crippen molar-refractivity contribution in [2.75, 3.05) is 23.8 Å². The van der Waals surface area contributed by atoms with Crippen molar-refractivity contribution in [3.05, 3.63) is 53.1 Å². The van der Waals surface area contributed by atoms with E-state index in [4.69, 9.17) is 34.7 Å². The van der Waals surface area contributed by atoms with Crippen LogP contribution in [0.1, 0.15) is 37.3 Å². The first-order valence-electron chi connectivity index (χ1n) is 11.0. The fourth-order valence-corrected chi connectivity index (χ4v) is 5.69. The summed E-state index contributed by atoms with van der Waals surface area (Å²) in [6.07, 6.45) is 4.79. The van der Waals surface area contributed by atoms with Crippen molar-refractivity contribution in [2.45, 2.75) is 31.7 Å². The fraction of sp³-hybridized carbons (Fsp3) is 0.391. The number of hydrogen-bond acceptors (Lipinski definition) is 5. The molecule has 0 bridgehead atoms. The number of nitrogen functional groups attached to an aromatic ring is 1. The second-order valence-electron chi connectivity index (χ2n) is 9.03. The van der Waals surface area contributed by atoms with Crippen LogP contribution in [0, 0.1) is 11.8 Å². The molecule has 0 aromatic heterocycles. The van der Waals surface area contributed by atoms with Gasteiger partial charge in [-0.25, -0.2) is 5.01 Å².